The van der Waals surface area contributed by atoms with Crippen LogP contribution in [0.1, 0.15) is 19.5 Å². The first-order valence-corrected chi connectivity index (χ1v) is 9.89. The molecule has 1 heterocycles. The van der Waals surface area contributed by atoms with Crippen molar-refractivity contribution < 1.29 is 14.3 Å². The standard InChI is InChI=1S/C21H29ClN4O3/c1-16(2)26(21(28)23-18-8-5-7-17(22)13-18)15-20(27)25(11-12-29-4)14-19-9-6-10-24(19)3/h5-10,13,16H,11-12,14-15H2,1-4H3,(H,23,28). The smallest absolute Gasteiger partial charge is 0.322 e. The predicted octanol–water partition coefficient (Wildman–Crippen LogP) is 3.60. The van der Waals surface area contributed by atoms with Crippen molar-refractivity contribution >= 4 is 29.2 Å². The molecule has 0 spiro atoms. The second-order valence-corrected chi connectivity index (χ2v) is 7.52. The van der Waals surface area contributed by atoms with E-state index in [0.717, 1.165) is 5.69 Å². The van der Waals surface area contributed by atoms with Crippen LogP contribution in [0, 0.1) is 0 Å². The van der Waals surface area contributed by atoms with E-state index in [1.54, 1.807) is 36.3 Å². The Balaban J connectivity index is 2.09. The van der Waals surface area contributed by atoms with Crippen LogP contribution in [-0.2, 0) is 23.1 Å². The fourth-order valence-corrected chi connectivity index (χ4v) is 3.04. The van der Waals surface area contributed by atoms with E-state index in [9.17, 15) is 9.59 Å². The van der Waals surface area contributed by atoms with E-state index in [1.165, 1.54) is 4.90 Å². The van der Waals surface area contributed by atoms with Gasteiger partial charge < -0.3 is 24.4 Å². The molecule has 1 aromatic heterocycles. The minimum absolute atomic E-state index is 0.0296. The van der Waals surface area contributed by atoms with Gasteiger partial charge in [-0.1, -0.05) is 17.7 Å². The number of ether oxygens (including phenoxy) is 1. The van der Waals surface area contributed by atoms with Crippen molar-refractivity contribution in [2.75, 3.05) is 32.1 Å². The first-order valence-electron chi connectivity index (χ1n) is 9.52. The lowest BCUT2D eigenvalue weighted by molar-refractivity contribution is -0.133. The number of hydrogen-bond donors (Lipinski definition) is 1. The van der Waals surface area contributed by atoms with Gasteiger partial charge in [-0.3, -0.25) is 4.79 Å². The largest absolute Gasteiger partial charge is 0.383 e. The Morgan fingerprint density at radius 1 is 1.24 bits per heavy atom. The van der Waals surface area contributed by atoms with Crippen LogP contribution in [0.15, 0.2) is 42.6 Å². The number of hydrogen-bond acceptors (Lipinski definition) is 3. The van der Waals surface area contributed by atoms with Crippen molar-refractivity contribution in [3.8, 4) is 0 Å². The number of carbonyl (C=O) groups excluding carboxylic acids is 2. The SMILES string of the molecule is COCCN(Cc1cccn1C)C(=O)CN(C(=O)Nc1cccc(Cl)c1)C(C)C. The van der Waals surface area contributed by atoms with Crippen LogP contribution < -0.4 is 5.32 Å². The molecule has 0 aliphatic heterocycles. The lowest BCUT2D eigenvalue weighted by Crippen LogP contribution is -2.48. The number of methoxy groups -OCH3 is 1. The van der Waals surface area contributed by atoms with Gasteiger partial charge in [0, 0.05) is 49.3 Å². The Bertz CT molecular complexity index is 822. The molecule has 0 aliphatic rings. The molecule has 0 atom stereocenters. The molecule has 8 heteroatoms. The highest BCUT2D eigenvalue weighted by molar-refractivity contribution is 6.30. The predicted molar refractivity (Wildman–Crippen MR) is 115 cm³/mol. The van der Waals surface area contributed by atoms with Gasteiger partial charge in [-0.15, -0.1) is 0 Å². The zero-order chi connectivity index (χ0) is 21.4. The second kappa shape index (κ2) is 10.9. The number of halogens is 1. The van der Waals surface area contributed by atoms with Gasteiger partial charge in [0.1, 0.15) is 6.54 Å². The second-order valence-electron chi connectivity index (χ2n) is 7.08. The Labute approximate surface area is 177 Å². The maximum atomic E-state index is 13.0. The molecule has 29 heavy (non-hydrogen) atoms. The van der Waals surface area contributed by atoms with Crippen molar-refractivity contribution in [2.24, 2.45) is 7.05 Å². The molecule has 0 saturated heterocycles. The summed E-state index contributed by atoms with van der Waals surface area (Å²) in [5.74, 6) is -0.141. The fourth-order valence-electron chi connectivity index (χ4n) is 2.85. The van der Waals surface area contributed by atoms with Crippen LogP contribution in [0.5, 0.6) is 0 Å². The number of rotatable bonds is 9. The summed E-state index contributed by atoms with van der Waals surface area (Å²) in [6, 6.07) is 10.3. The molecule has 2 rings (SSSR count). The molecule has 0 saturated carbocycles. The van der Waals surface area contributed by atoms with Gasteiger partial charge >= 0.3 is 6.03 Å². The number of anilines is 1. The van der Waals surface area contributed by atoms with Gasteiger partial charge in [-0.25, -0.2) is 4.79 Å². The minimum atomic E-state index is -0.346. The normalized spacial score (nSPS) is 10.8. The maximum Gasteiger partial charge on any atom is 0.322 e. The van der Waals surface area contributed by atoms with Gasteiger partial charge in [-0.05, 0) is 44.2 Å². The van der Waals surface area contributed by atoms with Gasteiger partial charge in [0.15, 0.2) is 0 Å². The highest BCUT2D eigenvalue weighted by Gasteiger charge is 2.24. The van der Waals surface area contributed by atoms with Crippen molar-refractivity contribution in [1.29, 1.82) is 0 Å². The third kappa shape index (κ3) is 6.80. The molecule has 0 bridgehead atoms. The summed E-state index contributed by atoms with van der Waals surface area (Å²) in [6.07, 6.45) is 1.94. The van der Waals surface area contributed by atoms with Gasteiger partial charge in [0.25, 0.3) is 0 Å². The van der Waals surface area contributed by atoms with Gasteiger partial charge in [0.05, 0.1) is 13.2 Å². The van der Waals surface area contributed by atoms with E-state index in [1.807, 2.05) is 43.8 Å². The van der Waals surface area contributed by atoms with E-state index in [0.29, 0.717) is 30.4 Å². The van der Waals surface area contributed by atoms with Crippen LogP contribution in [0.3, 0.4) is 0 Å². The molecule has 0 fully saturated rings. The average molecular weight is 421 g/mol. The molecule has 2 aromatic rings. The lowest BCUT2D eigenvalue weighted by Gasteiger charge is -2.30. The first kappa shape index (κ1) is 22.8. The summed E-state index contributed by atoms with van der Waals surface area (Å²) in [7, 11) is 3.54. The number of aryl methyl sites for hydroxylation is 1. The average Bonchev–Trinajstić information content (AvgIpc) is 3.07. The summed E-state index contributed by atoms with van der Waals surface area (Å²) in [5, 5.41) is 3.34. The minimum Gasteiger partial charge on any atom is -0.383 e. The maximum absolute atomic E-state index is 13.0. The number of carbonyl (C=O) groups is 2. The van der Waals surface area contributed by atoms with E-state index in [-0.39, 0.29) is 24.5 Å². The molecule has 1 aromatic carbocycles. The molecule has 3 amide bonds. The third-order valence-corrected chi connectivity index (χ3v) is 4.82. The van der Waals surface area contributed by atoms with Crippen LogP contribution in [-0.4, -0.2) is 59.2 Å². The van der Waals surface area contributed by atoms with Gasteiger partial charge in [0.2, 0.25) is 5.91 Å². The number of amides is 3. The van der Waals surface area contributed by atoms with E-state index < -0.39 is 0 Å². The molecule has 0 unspecified atom stereocenters. The van der Waals surface area contributed by atoms with Crippen molar-refractivity contribution in [1.82, 2.24) is 14.4 Å². The molecule has 0 radical (unpaired) electrons. The Kier molecular flexibility index (Phi) is 8.54. The molecule has 7 nitrogen and oxygen atoms in total. The monoisotopic (exact) mass is 420 g/mol. The van der Waals surface area contributed by atoms with Crippen LogP contribution in [0.2, 0.25) is 5.02 Å². The number of nitrogens with one attached hydrogen (secondary N) is 1. The zero-order valence-corrected chi connectivity index (χ0v) is 18.1. The molecule has 158 valence electrons. The highest BCUT2D eigenvalue weighted by atomic mass is 35.5. The Hall–Kier alpha value is -2.51. The van der Waals surface area contributed by atoms with E-state index in [2.05, 4.69) is 5.32 Å². The van der Waals surface area contributed by atoms with Gasteiger partial charge in [-0.2, -0.15) is 0 Å². The third-order valence-electron chi connectivity index (χ3n) is 4.59. The summed E-state index contributed by atoms with van der Waals surface area (Å²) < 4.78 is 7.13. The first-order chi connectivity index (χ1) is 13.8. The lowest BCUT2D eigenvalue weighted by atomic mass is 10.3. The molecule has 1 N–H and O–H groups in total. The molecular formula is C21H29ClN4O3. The summed E-state index contributed by atoms with van der Waals surface area (Å²) in [6.45, 7) is 5.05. The quantitative estimate of drug-likeness (QED) is 0.674. The summed E-state index contributed by atoms with van der Waals surface area (Å²) in [4.78, 5) is 29.0. The van der Waals surface area contributed by atoms with Crippen molar-refractivity contribution in [3.05, 3.63) is 53.3 Å². The molecule has 0 aliphatic carbocycles. The Morgan fingerprint density at radius 2 is 2.00 bits per heavy atom. The Morgan fingerprint density at radius 3 is 2.59 bits per heavy atom. The summed E-state index contributed by atoms with van der Waals surface area (Å²) in [5.41, 5.74) is 1.59. The van der Waals surface area contributed by atoms with E-state index >= 15 is 0 Å². The number of nitrogens with zero attached hydrogens (tertiary/aromatic N) is 3. The highest BCUT2D eigenvalue weighted by Crippen LogP contribution is 2.16. The summed E-state index contributed by atoms with van der Waals surface area (Å²) >= 11 is 5.99. The number of benzene rings is 1. The zero-order valence-electron chi connectivity index (χ0n) is 17.4. The molecular weight excluding hydrogens is 392 g/mol. The van der Waals surface area contributed by atoms with E-state index in [4.69, 9.17) is 16.3 Å². The van der Waals surface area contributed by atoms with Crippen molar-refractivity contribution in [3.63, 3.8) is 0 Å². The topological polar surface area (TPSA) is 66.8 Å². The number of urea groups is 1. The van der Waals surface area contributed by atoms with Crippen LogP contribution in [0.4, 0.5) is 10.5 Å². The fraction of sp³-hybridized carbons (Fsp3) is 0.429. The van der Waals surface area contributed by atoms with Crippen molar-refractivity contribution in [2.45, 2.75) is 26.4 Å². The van der Waals surface area contributed by atoms with Crippen LogP contribution in [0.25, 0.3) is 0 Å². The number of aromatic nitrogens is 1. The van der Waals surface area contributed by atoms with Crippen LogP contribution >= 0.6 is 11.6 Å².